The first-order valence-corrected chi connectivity index (χ1v) is 14.8. The van der Waals surface area contributed by atoms with Crippen LogP contribution in [0.25, 0.3) is 70.9 Å². The third-order valence-electron chi connectivity index (χ3n) is 7.76. The molecule has 0 aliphatic carbocycles. The maximum Gasteiger partial charge on any atom is 0.168 e. The van der Waals surface area contributed by atoms with Crippen molar-refractivity contribution in [2.24, 2.45) is 0 Å². The van der Waals surface area contributed by atoms with Crippen LogP contribution in [-0.2, 0) is 0 Å². The molecule has 6 aromatic carbocycles. The van der Waals surface area contributed by atoms with Crippen molar-refractivity contribution < 1.29 is 0 Å². The SMILES string of the molecule is c1ccc(-c2cccc(-n3c(-c4ccccc4)nnc3-c3ccc(-c4cccc5c4sc4ccccc45)cc3)c2)cc1. The highest BCUT2D eigenvalue weighted by atomic mass is 32.1. The van der Waals surface area contributed by atoms with Crippen molar-refractivity contribution in [3.8, 4) is 50.7 Å². The zero-order chi connectivity index (χ0) is 27.9. The number of nitrogens with zero attached hydrogens (tertiary/aromatic N) is 3. The lowest BCUT2D eigenvalue weighted by Crippen LogP contribution is -2.00. The standard InChI is InChI=1S/C38H25N3S/c1-3-11-26(12-4-1)30-15-9-16-31(25-30)41-37(28-13-5-2-6-14-28)39-40-38(41)29-23-21-27(22-24-29)32-18-10-19-34-33-17-7-8-20-35(33)42-36(32)34/h1-25H. The summed E-state index contributed by atoms with van der Waals surface area (Å²) in [5.41, 5.74) is 7.83. The van der Waals surface area contributed by atoms with Crippen molar-refractivity contribution in [3.05, 3.63) is 152 Å². The van der Waals surface area contributed by atoms with Gasteiger partial charge < -0.3 is 0 Å². The van der Waals surface area contributed by atoms with Gasteiger partial charge in [0.25, 0.3) is 0 Å². The van der Waals surface area contributed by atoms with Gasteiger partial charge in [-0.3, -0.25) is 4.57 Å². The van der Waals surface area contributed by atoms with E-state index in [0.717, 1.165) is 34.0 Å². The Morgan fingerprint density at radius 2 is 1.00 bits per heavy atom. The number of hydrogen-bond acceptors (Lipinski definition) is 3. The van der Waals surface area contributed by atoms with Crippen LogP contribution in [0.4, 0.5) is 0 Å². The molecule has 4 heteroatoms. The molecule has 0 fully saturated rings. The second kappa shape index (κ2) is 10.3. The largest absolute Gasteiger partial charge is 0.275 e. The van der Waals surface area contributed by atoms with Crippen LogP contribution in [0, 0.1) is 0 Å². The highest BCUT2D eigenvalue weighted by Crippen LogP contribution is 2.40. The fourth-order valence-corrected chi connectivity index (χ4v) is 6.96. The van der Waals surface area contributed by atoms with Crippen LogP contribution in [0.3, 0.4) is 0 Å². The van der Waals surface area contributed by atoms with Gasteiger partial charge >= 0.3 is 0 Å². The van der Waals surface area contributed by atoms with Gasteiger partial charge in [0.15, 0.2) is 11.6 Å². The van der Waals surface area contributed by atoms with Gasteiger partial charge in [0, 0.05) is 37.0 Å². The number of hydrogen-bond donors (Lipinski definition) is 0. The third-order valence-corrected chi connectivity index (χ3v) is 8.98. The molecule has 8 rings (SSSR count). The van der Waals surface area contributed by atoms with Gasteiger partial charge in [-0.2, -0.15) is 0 Å². The Kier molecular flexibility index (Phi) is 5.98. The van der Waals surface area contributed by atoms with E-state index in [1.807, 2.05) is 35.6 Å². The summed E-state index contributed by atoms with van der Waals surface area (Å²) in [5.74, 6) is 1.63. The molecule has 0 unspecified atom stereocenters. The lowest BCUT2D eigenvalue weighted by Gasteiger charge is -2.13. The topological polar surface area (TPSA) is 30.7 Å². The van der Waals surface area contributed by atoms with Gasteiger partial charge in [-0.05, 0) is 40.5 Å². The van der Waals surface area contributed by atoms with Crippen molar-refractivity contribution in [2.75, 3.05) is 0 Å². The Labute approximate surface area is 248 Å². The summed E-state index contributed by atoms with van der Waals surface area (Å²) in [6.45, 7) is 0. The molecule has 0 saturated carbocycles. The molecule has 0 amide bonds. The number of thiophene rings is 1. The number of benzene rings is 6. The van der Waals surface area contributed by atoms with Crippen LogP contribution < -0.4 is 0 Å². The minimum absolute atomic E-state index is 0.811. The van der Waals surface area contributed by atoms with Gasteiger partial charge in [-0.25, -0.2) is 0 Å². The van der Waals surface area contributed by atoms with Gasteiger partial charge in [0.1, 0.15) is 0 Å². The average Bonchev–Trinajstić information content (AvgIpc) is 3.68. The Hall–Kier alpha value is -5.32. The van der Waals surface area contributed by atoms with E-state index in [4.69, 9.17) is 10.2 Å². The zero-order valence-corrected chi connectivity index (χ0v) is 23.5. The Bertz CT molecular complexity index is 2180. The quantitative estimate of drug-likeness (QED) is 0.211. The molecule has 0 atom stereocenters. The van der Waals surface area contributed by atoms with E-state index < -0.39 is 0 Å². The second-order valence-corrected chi connectivity index (χ2v) is 11.4. The molecule has 0 spiro atoms. The summed E-state index contributed by atoms with van der Waals surface area (Å²) in [4.78, 5) is 0. The van der Waals surface area contributed by atoms with Crippen molar-refractivity contribution >= 4 is 31.5 Å². The minimum Gasteiger partial charge on any atom is -0.275 e. The molecule has 3 nitrogen and oxygen atoms in total. The predicted molar refractivity (Wildman–Crippen MR) is 176 cm³/mol. The lowest BCUT2D eigenvalue weighted by atomic mass is 10.0. The van der Waals surface area contributed by atoms with E-state index in [1.165, 1.54) is 36.9 Å². The van der Waals surface area contributed by atoms with Crippen molar-refractivity contribution in [2.45, 2.75) is 0 Å². The Balaban J connectivity index is 1.25. The van der Waals surface area contributed by atoms with Crippen LogP contribution in [0.5, 0.6) is 0 Å². The first-order chi connectivity index (χ1) is 20.8. The fourth-order valence-electron chi connectivity index (χ4n) is 5.72. The van der Waals surface area contributed by atoms with Crippen LogP contribution in [0.15, 0.2) is 152 Å². The fraction of sp³-hybridized carbons (Fsp3) is 0. The zero-order valence-electron chi connectivity index (χ0n) is 22.7. The Morgan fingerprint density at radius 1 is 0.429 bits per heavy atom. The maximum atomic E-state index is 4.74. The molecule has 8 aromatic rings. The molecule has 0 aliphatic rings. The predicted octanol–water partition coefficient (Wildman–Crippen LogP) is 10.3. The molecule has 0 radical (unpaired) electrons. The summed E-state index contributed by atoms with van der Waals surface area (Å²) in [7, 11) is 0. The van der Waals surface area contributed by atoms with Crippen molar-refractivity contribution in [3.63, 3.8) is 0 Å². The smallest absolute Gasteiger partial charge is 0.168 e. The van der Waals surface area contributed by atoms with Crippen molar-refractivity contribution in [1.29, 1.82) is 0 Å². The van der Waals surface area contributed by atoms with Crippen LogP contribution >= 0.6 is 11.3 Å². The molecular weight excluding hydrogens is 531 g/mol. The van der Waals surface area contributed by atoms with Gasteiger partial charge in [-0.15, -0.1) is 21.5 Å². The van der Waals surface area contributed by atoms with Crippen LogP contribution in [-0.4, -0.2) is 14.8 Å². The maximum absolute atomic E-state index is 4.74. The number of rotatable bonds is 5. The molecule has 0 aliphatic heterocycles. The monoisotopic (exact) mass is 555 g/mol. The minimum atomic E-state index is 0.811. The Morgan fingerprint density at radius 3 is 1.76 bits per heavy atom. The average molecular weight is 556 g/mol. The van der Waals surface area contributed by atoms with E-state index in [1.54, 1.807) is 0 Å². The van der Waals surface area contributed by atoms with E-state index >= 15 is 0 Å². The third kappa shape index (κ3) is 4.21. The molecule has 42 heavy (non-hydrogen) atoms. The second-order valence-electron chi connectivity index (χ2n) is 10.3. The molecular formula is C38H25N3S. The number of aromatic nitrogens is 3. The molecule has 0 N–H and O–H groups in total. The summed E-state index contributed by atoms with van der Waals surface area (Å²) in [6.07, 6.45) is 0. The molecule has 2 heterocycles. The summed E-state index contributed by atoms with van der Waals surface area (Å²) < 4.78 is 4.80. The highest BCUT2D eigenvalue weighted by molar-refractivity contribution is 7.26. The van der Waals surface area contributed by atoms with Crippen LogP contribution in [0.1, 0.15) is 0 Å². The van der Waals surface area contributed by atoms with E-state index in [9.17, 15) is 0 Å². The van der Waals surface area contributed by atoms with E-state index in [2.05, 4.69) is 132 Å². The lowest BCUT2D eigenvalue weighted by molar-refractivity contribution is 1.07. The van der Waals surface area contributed by atoms with Gasteiger partial charge in [-0.1, -0.05) is 133 Å². The molecule has 0 bridgehead atoms. The van der Waals surface area contributed by atoms with E-state index in [-0.39, 0.29) is 0 Å². The van der Waals surface area contributed by atoms with E-state index in [0.29, 0.717) is 0 Å². The van der Waals surface area contributed by atoms with Crippen LogP contribution in [0.2, 0.25) is 0 Å². The highest BCUT2D eigenvalue weighted by Gasteiger charge is 2.18. The van der Waals surface area contributed by atoms with Gasteiger partial charge in [0.05, 0.1) is 0 Å². The summed E-state index contributed by atoms with van der Waals surface area (Å²) >= 11 is 1.86. The normalized spacial score (nSPS) is 11.3. The van der Waals surface area contributed by atoms with Gasteiger partial charge in [0.2, 0.25) is 0 Å². The molecule has 0 saturated heterocycles. The molecule has 2 aromatic heterocycles. The number of fused-ring (bicyclic) bond motifs is 3. The first kappa shape index (κ1) is 24.5. The van der Waals surface area contributed by atoms with Crippen molar-refractivity contribution in [1.82, 2.24) is 14.8 Å². The first-order valence-electron chi connectivity index (χ1n) is 14.0. The molecule has 198 valence electrons. The summed E-state index contributed by atoms with van der Waals surface area (Å²) in [6, 6.07) is 53.3. The summed E-state index contributed by atoms with van der Waals surface area (Å²) in [5, 5.41) is 12.1.